The molecule has 3 N–H and O–H groups in total. The molecule has 0 aliphatic rings. The van der Waals surface area contributed by atoms with Gasteiger partial charge in [-0.25, -0.2) is 9.59 Å². The minimum Gasteiger partial charge on any atom is -0.478 e. The molecular weight excluding hydrogens is 234 g/mol. The second kappa shape index (κ2) is 6.24. The molecule has 0 amide bonds. The lowest BCUT2D eigenvalue weighted by Crippen LogP contribution is -1.97. The molecule has 0 radical (unpaired) electrons. The minimum absolute atomic E-state index is 0.227. The van der Waals surface area contributed by atoms with Gasteiger partial charge in [0.25, 0.3) is 0 Å². The second-order valence-corrected chi connectivity index (χ2v) is 3.51. The van der Waals surface area contributed by atoms with Crippen LogP contribution < -0.4 is 0 Å². The molecule has 2 aromatic rings. The van der Waals surface area contributed by atoms with Crippen LogP contribution in [0.25, 0.3) is 0 Å². The van der Waals surface area contributed by atoms with Gasteiger partial charge < -0.3 is 15.2 Å². The first-order valence-electron chi connectivity index (χ1n) is 5.18. The third-order valence-electron chi connectivity index (χ3n) is 2.20. The van der Waals surface area contributed by atoms with Crippen molar-refractivity contribution in [1.82, 2.24) is 4.98 Å². The van der Waals surface area contributed by atoms with E-state index in [0.29, 0.717) is 5.56 Å². The fraction of sp³-hybridized carbons (Fsp3) is 0.0769. The normalized spacial score (nSPS) is 9.17. The van der Waals surface area contributed by atoms with Gasteiger partial charge in [0.15, 0.2) is 0 Å². The highest BCUT2D eigenvalue weighted by Crippen LogP contribution is 2.05. The third kappa shape index (κ3) is 3.79. The van der Waals surface area contributed by atoms with Gasteiger partial charge in [-0.2, -0.15) is 0 Å². The molecule has 0 saturated heterocycles. The number of hydrogen-bond donors (Lipinski definition) is 3. The number of aromatic amines is 1. The third-order valence-corrected chi connectivity index (χ3v) is 2.20. The highest BCUT2D eigenvalue weighted by Gasteiger charge is 2.02. The number of H-pyrrole nitrogens is 1. The first-order chi connectivity index (χ1) is 8.52. The molecule has 0 fully saturated rings. The maximum atomic E-state index is 10.4. The molecule has 0 spiro atoms. The van der Waals surface area contributed by atoms with Crippen LogP contribution in [0.3, 0.4) is 0 Å². The molecule has 94 valence electrons. The van der Waals surface area contributed by atoms with E-state index in [0.717, 1.165) is 5.56 Å². The second-order valence-electron chi connectivity index (χ2n) is 3.51. The average Bonchev–Trinajstić information content (AvgIpc) is 2.83. The van der Waals surface area contributed by atoms with Crippen LogP contribution in [0.2, 0.25) is 0 Å². The van der Waals surface area contributed by atoms with E-state index in [9.17, 15) is 9.59 Å². The molecule has 2 rings (SSSR count). The van der Waals surface area contributed by atoms with Gasteiger partial charge in [0, 0.05) is 6.20 Å². The lowest BCUT2D eigenvalue weighted by molar-refractivity contribution is 0.0682. The predicted molar refractivity (Wildman–Crippen MR) is 65.9 cm³/mol. The topological polar surface area (TPSA) is 90.4 Å². The molecule has 5 heteroatoms. The van der Waals surface area contributed by atoms with Gasteiger partial charge >= 0.3 is 11.9 Å². The van der Waals surface area contributed by atoms with Gasteiger partial charge in [-0.3, -0.25) is 0 Å². The Bertz CT molecular complexity index is 532. The number of aromatic carboxylic acids is 2. The van der Waals surface area contributed by atoms with Gasteiger partial charge in [0.1, 0.15) is 5.69 Å². The molecule has 0 atom stereocenters. The summed E-state index contributed by atoms with van der Waals surface area (Å²) in [5, 5.41) is 16.8. The molecule has 1 heterocycles. The van der Waals surface area contributed by atoms with Crippen LogP contribution in [-0.4, -0.2) is 27.1 Å². The van der Waals surface area contributed by atoms with E-state index in [2.05, 4.69) is 4.98 Å². The zero-order valence-corrected chi connectivity index (χ0v) is 9.75. The first-order valence-corrected chi connectivity index (χ1v) is 5.18. The smallest absolute Gasteiger partial charge is 0.352 e. The summed E-state index contributed by atoms with van der Waals surface area (Å²) >= 11 is 0. The maximum Gasteiger partial charge on any atom is 0.352 e. The fourth-order valence-corrected chi connectivity index (χ4v) is 1.28. The van der Waals surface area contributed by atoms with Crippen molar-refractivity contribution < 1.29 is 19.8 Å². The molecule has 5 nitrogen and oxygen atoms in total. The number of aromatic nitrogens is 1. The zero-order chi connectivity index (χ0) is 13.5. The highest BCUT2D eigenvalue weighted by atomic mass is 16.4. The molecule has 1 aromatic carbocycles. The summed E-state index contributed by atoms with van der Waals surface area (Å²) in [6.07, 6.45) is 1.57. The molecule has 0 aliphatic carbocycles. The Kier molecular flexibility index (Phi) is 4.68. The minimum atomic E-state index is -0.921. The number of hydrogen-bond acceptors (Lipinski definition) is 2. The van der Waals surface area contributed by atoms with Crippen LogP contribution in [0, 0.1) is 6.92 Å². The summed E-state index contributed by atoms with van der Waals surface area (Å²) < 4.78 is 0. The van der Waals surface area contributed by atoms with Crippen LogP contribution in [0.5, 0.6) is 0 Å². The van der Waals surface area contributed by atoms with Gasteiger partial charge in [0.05, 0.1) is 5.56 Å². The number of benzene rings is 1. The first kappa shape index (κ1) is 13.5. The van der Waals surface area contributed by atoms with Gasteiger partial charge in [-0.05, 0) is 30.7 Å². The van der Waals surface area contributed by atoms with Crippen molar-refractivity contribution in [3.05, 3.63) is 59.4 Å². The number of aryl methyl sites for hydroxylation is 1. The summed E-state index contributed by atoms with van der Waals surface area (Å²) in [5.74, 6) is -1.78. The van der Waals surface area contributed by atoms with Crippen LogP contribution >= 0.6 is 0 Å². The Morgan fingerprint density at radius 2 is 1.67 bits per heavy atom. The molecule has 0 aliphatic heterocycles. The standard InChI is InChI=1S/C8H8O2.C5H5NO2/c1-6-4-2-3-5-7(6)8(9)10;7-5(8)4-2-1-3-6-4/h2-5H,1H3,(H,9,10);1-3,6H,(H,7,8). The lowest BCUT2D eigenvalue weighted by Gasteiger charge is -1.96. The van der Waals surface area contributed by atoms with Crippen molar-refractivity contribution in [3.8, 4) is 0 Å². The molecular formula is C13H13NO4. The van der Waals surface area contributed by atoms with E-state index < -0.39 is 11.9 Å². The lowest BCUT2D eigenvalue weighted by atomic mass is 10.1. The molecule has 0 saturated carbocycles. The largest absolute Gasteiger partial charge is 0.478 e. The molecule has 0 unspecified atom stereocenters. The van der Waals surface area contributed by atoms with Gasteiger partial charge in [0.2, 0.25) is 0 Å². The monoisotopic (exact) mass is 247 g/mol. The van der Waals surface area contributed by atoms with E-state index >= 15 is 0 Å². The van der Waals surface area contributed by atoms with E-state index in [1.54, 1.807) is 37.4 Å². The number of carboxylic acids is 2. The number of carboxylic acid groups (broad SMARTS) is 2. The molecule has 1 aromatic heterocycles. The van der Waals surface area contributed by atoms with Crippen molar-refractivity contribution in [3.63, 3.8) is 0 Å². The van der Waals surface area contributed by atoms with Crippen molar-refractivity contribution in [2.24, 2.45) is 0 Å². The Morgan fingerprint density at radius 1 is 1.00 bits per heavy atom. The van der Waals surface area contributed by atoms with E-state index in [-0.39, 0.29) is 5.69 Å². The average molecular weight is 247 g/mol. The molecule has 18 heavy (non-hydrogen) atoms. The maximum absolute atomic E-state index is 10.4. The number of carbonyl (C=O) groups is 2. The summed E-state index contributed by atoms with van der Waals surface area (Å²) in [5.41, 5.74) is 1.41. The number of nitrogens with one attached hydrogen (secondary N) is 1. The SMILES string of the molecule is Cc1ccccc1C(=O)O.O=C(O)c1ccc[nH]1. The summed E-state index contributed by atoms with van der Waals surface area (Å²) in [7, 11) is 0. The Balaban J connectivity index is 0.000000184. The van der Waals surface area contributed by atoms with Gasteiger partial charge in [-0.1, -0.05) is 18.2 Å². The quantitative estimate of drug-likeness (QED) is 0.760. The van der Waals surface area contributed by atoms with Crippen LogP contribution in [0.4, 0.5) is 0 Å². The number of rotatable bonds is 2. The molecule has 0 bridgehead atoms. The fourth-order valence-electron chi connectivity index (χ4n) is 1.28. The van der Waals surface area contributed by atoms with Crippen molar-refractivity contribution in [1.29, 1.82) is 0 Å². The van der Waals surface area contributed by atoms with E-state index in [1.807, 2.05) is 6.07 Å². The van der Waals surface area contributed by atoms with Crippen LogP contribution in [0.1, 0.15) is 26.4 Å². The van der Waals surface area contributed by atoms with E-state index in [4.69, 9.17) is 10.2 Å². The summed E-state index contributed by atoms with van der Waals surface area (Å²) in [6.45, 7) is 1.78. The van der Waals surface area contributed by atoms with Crippen molar-refractivity contribution in [2.45, 2.75) is 6.92 Å². The Hall–Kier alpha value is -2.56. The summed E-state index contributed by atoms with van der Waals surface area (Å²) in [6, 6.07) is 10.1. The van der Waals surface area contributed by atoms with Crippen LogP contribution in [0.15, 0.2) is 42.6 Å². The van der Waals surface area contributed by atoms with E-state index in [1.165, 1.54) is 6.07 Å². The highest BCUT2D eigenvalue weighted by molar-refractivity contribution is 5.89. The van der Waals surface area contributed by atoms with Crippen LogP contribution in [-0.2, 0) is 0 Å². The Morgan fingerprint density at radius 3 is 2.00 bits per heavy atom. The van der Waals surface area contributed by atoms with Gasteiger partial charge in [-0.15, -0.1) is 0 Å². The zero-order valence-electron chi connectivity index (χ0n) is 9.75. The Labute approximate surface area is 104 Å². The van der Waals surface area contributed by atoms with Crippen molar-refractivity contribution in [2.75, 3.05) is 0 Å². The summed E-state index contributed by atoms with van der Waals surface area (Å²) in [4.78, 5) is 23.0. The predicted octanol–water partition coefficient (Wildman–Crippen LogP) is 2.41. The van der Waals surface area contributed by atoms with Crippen molar-refractivity contribution >= 4 is 11.9 Å².